The highest BCUT2D eigenvalue weighted by atomic mass is 16.5. The van der Waals surface area contributed by atoms with Crippen LogP contribution in [0.2, 0.25) is 0 Å². The second kappa shape index (κ2) is 10.6. The van der Waals surface area contributed by atoms with E-state index in [1.165, 1.54) is 13.3 Å². The van der Waals surface area contributed by atoms with Crippen molar-refractivity contribution < 1.29 is 14.3 Å². The van der Waals surface area contributed by atoms with Crippen molar-refractivity contribution in [1.82, 2.24) is 15.0 Å². The third kappa shape index (κ3) is 4.76. The molecule has 1 aliphatic carbocycles. The molecule has 0 amide bonds. The predicted octanol–water partition coefficient (Wildman–Crippen LogP) is 5.55. The van der Waals surface area contributed by atoms with Gasteiger partial charge in [-0.2, -0.15) is 0 Å². The smallest absolute Gasteiger partial charge is 0.256 e. The molecule has 3 N–H and O–H groups in total. The number of anilines is 2. The number of nitrogens with one attached hydrogen (secondary N) is 1. The van der Waals surface area contributed by atoms with E-state index in [9.17, 15) is 4.79 Å². The molecule has 2 aromatic heterocycles. The number of hydrogen-bond acceptors (Lipinski definition) is 8. The van der Waals surface area contributed by atoms with Gasteiger partial charge in [-0.05, 0) is 35.3 Å². The van der Waals surface area contributed by atoms with Crippen LogP contribution in [0.25, 0.3) is 22.0 Å². The van der Waals surface area contributed by atoms with Crippen molar-refractivity contribution in [2.75, 3.05) is 25.3 Å². The van der Waals surface area contributed by atoms with Crippen LogP contribution in [0, 0.1) is 6.57 Å². The molecule has 2 atom stereocenters. The molecule has 2 aromatic carbocycles. The number of carbonyl (C=O) groups excluding carboxylic acids is 1. The van der Waals surface area contributed by atoms with Gasteiger partial charge in [-0.1, -0.05) is 54.6 Å². The van der Waals surface area contributed by atoms with Gasteiger partial charge >= 0.3 is 0 Å². The highest BCUT2D eigenvalue weighted by Crippen LogP contribution is 2.42. The van der Waals surface area contributed by atoms with Crippen molar-refractivity contribution in [1.29, 1.82) is 0 Å². The van der Waals surface area contributed by atoms with Crippen molar-refractivity contribution in [3.8, 4) is 22.8 Å². The zero-order chi connectivity index (χ0) is 27.5. The first kappa shape index (κ1) is 25.4. The van der Waals surface area contributed by atoms with E-state index in [1.807, 2.05) is 67.6 Å². The quantitative estimate of drug-likeness (QED) is 0.306. The third-order valence-electron chi connectivity index (χ3n) is 6.70. The number of pyridine rings is 1. The fourth-order valence-corrected chi connectivity index (χ4v) is 4.87. The number of aromatic nitrogens is 3. The molecule has 39 heavy (non-hydrogen) atoms. The minimum Gasteiger partial charge on any atom is -0.491 e. The lowest BCUT2D eigenvalue weighted by Gasteiger charge is -2.31. The summed E-state index contributed by atoms with van der Waals surface area (Å²) >= 11 is 0. The largest absolute Gasteiger partial charge is 0.491 e. The molecular formula is C30H26N6O3. The van der Waals surface area contributed by atoms with Crippen LogP contribution in [0.3, 0.4) is 0 Å². The SMILES string of the molecule is [C-]#[N+]c1cnc(N)nc1N[C@@H](C)C1=Cc2cccc(-c3cnc(OC)c(OC)c3)c2C(=O)C1c1ccccc1. The number of nitrogens with zero attached hydrogens (tertiary/aromatic N) is 4. The van der Waals surface area contributed by atoms with E-state index in [0.29, 0.717) is 23.0 Å². The zero-order valence-electron chi connectivity index (χ0n) is 21.7. The Morgan fingerprint density at radius 2 is 1.85 bits per heavy atom. The minimum atomic E-state index is -0.564. The Morgan fingerprint density at radius 1 is 1.05 bits per heavy atom. The molecule has 9 heteroatoms. The van der Waals surface area contributed by atoms with Crippen LogP contribution in [0.15, 0.2) is 72.6 Å². The summed E-state index contributed by atoms with van der Waals surface area (Å²) in [6, 6.07) is 16.9. The summed E-state index contributed by atoms with van der Waals surface area (Å²) in [6.45, 7) is 9.42. The average Bonchev–Trinajstić information content (AvgIpc) is 2.96. The topological polar surface area (TPSA) is 117 Å². The number of fused-ring (bicyclic) bond motifs is 1. The summed E-state index contributed by atoms with van der Waals surface area (Å²) in [6.07, 6.45) is 5.10. The summed E-state index contributed by atoms with van der Waals surface area (Å²) in [4.78, 5) is 30.4. The lowest BCUT2D eigenvalue weighted by molar-refractivity contribution is 0.0970. The second-order valence-electron chi connectivity index (χ2n) is 9.00. The van der Waals surface area contributed by atoms with Gasteiger partial charge in [-0.15, -0.1) is 0 Å². The third-order valence-corrected chi connectivity index (χ3v) is 6.70. The first-order valence-corrected chi connectivity index (χ1v) is 12.2. The first-order chi connectivity index (χ1) is 18.9. The molecule has 0 radical (unpaired) electrons. The number of rotatable bonds is 7. The second-order valence-corrected chi connectivity index (χ2v) is 9.00. The molecule has 0 saturated carbocycles. The lowest BCUT2D eigenvalue weighted by Crippen LogP contribution is -2.30. The van der Waals surface area contributed by atoms with Crippen molar-refractivity contribution in [2.24, 2.45) is 0 Å². The highest BCUT2D eigenvalue weighted by Gasteiger charge is 2.35. The van der Waals surface area contributed by atoms with Crippen LogP contribution >= 0.6 is 0 Å². The average molecular weight is 519 g/mol. The van der Waals surface area contributed by atoms with Gasteiger partial charge in [0, 0.05) is 29.6 Å². The van der Waals surface area contributed by atoms with Gasteiger partial charge in [-0.3, -0.25) is 4.79 Å². The number of ether oxygens (including phenoxy) is 2. The molecule has 0 aliphatic heterocycles. The number of Topliss-reactive ketones (excluding diaryl/α,β-unsaturated/α-hetero) is 1. The molecule has 0 spiro atoms. The number of carbonyl (C=O) groups is 1. The fourth-order valence-electron chi connectivity index (χ4n) is 4.87. The molecule has 4 aromatic rings. The minimum absolute atomic E-state index is 0.0414. The number of nitrogens with two attached hydrogens (primary N) is 1. The molecule has 1 aliphatic rings. The Balaban J connectivity index is 1.65. The van der Waals surface area contributed by atoms with Gasteiger partial charge < -0.3 is 20.5 Å². The number of hydrogen-bond donors (Lipinski definition) is 2. The maximum Gasteiger partial charge on any atom is 0.256 e. The summed E-state index contributed by atoms with van der Waals surface area (Å²) in [7, 11) is 3.08. The van der Waals surface area contributed by atoms with E-state index >= 15 is 0 Å². The van der Waals surface area contributed by atoms with Gasteiger partial charge in [0.15, 0.2) is 11.5 Å². The Bertz CT molecular complexity index is 1630. The number of benzene rings is 2. The van der Waals surface area contributed by atoms with E-state index in [0.717, 1.165) is 27.8 Å². The highest BCUT2D eigenvalue weighted by molar-refractivity contribution is 6.13. The van der Waals surface area contributed by atoms with E-state index in [-0.39, 0.29) is 23.5 Å². The van der Waals surface area contributed by atoms with E-state index in [1.54, 1.807) is 13.3 Å². The number of nitrogen functional groups attached to an aromatic ring is 1. The van der Waals surface area contributed by atoms with Crippen LogP contribution in [-0.4, -0.2) is 41.0 Å². The molecule has 9 nitrogen and oxygen atoms in total. The maximum atomic E-state index is 14.4. The first-order valence-electron chi connectivity index (χ1n) is 12.2. The standard InChI is InChI=1S/C30H26N6O3/c1-17(35-28-23(32-2)16-34-30(31)36-28)22-13-19-11-8-12-21(20-14-24(38-3)29(39-4)33-15-20)26(19)27(37)25(22)18-9-6-5-7-10-18/h5-17,25H,1,3-4H3,(H3,31,34,35,36)/t17-,25?/m0/s1. The van der Waals surface area contributed by atoms with Crippen LogP contribution in [0.1, 0.15) is 34.3 Å². The van der Waals surface area contributed by atoms with Crippen molar-refractivity contribution in [3.05, 3.63) is 101 Å². The fraction of sp³-hybridized carbons (Fsp3) is 0.167. The molecule has 0 fully saturated rings. The lowest BCUT2D eigenvalue weighted by atomic mass is 9.74. The summed E-state index contributed by atoms with van der Waals surface area (Å²) in [5.74, 6) is 0.617. The molecule has 1 unspecified atom stereocenters. The summed E-state index contributed by atoms with van der Waals surface area (Å²) < 4.78 is 10.8. The van der Waals surface area contributed by atoms with Gasteiger partial charge in [0.2, 0.25) is 11.6 Å². The predicted molar refractivity (Wildman–Crippen MR) is 150 cm³/mol. The van der Waals surface area contributed by atoms with E-state index in [2.05, 4.69) is 25.1 Å². The van der Waals surface area contributed by atoms with Crippen molar-refractivity contribution in [3.63, 3.8) is 0 Å². The van der Waals surface area contributed by atoms with Crippen LogP contribution in [0.4, 0.5) is 17.5 Å². The monoisotopic (exact) mass is 518 g/mol. The summed E-state index contributed by atoms with van der Waals surface area (Å²) in [5, 5.41) is 3.29. The number of methoxy groups -OCH3 is 2. The molecule has 0 saturated heterocycles. The zero-order valence-corrected chi connectivity index (χ0v) is 21.7. The normalized spacial score (nSPS) is 15.0. The summed E-state index contributed by atoms with van der Waals surface area (Å²) in [5.41, 5.74) is 10.6. The van der Waals surface area contributed by atoms with E-state index < -0.39 is 5.92 Å². The number of ketones is 1. The van der Waals surface area contributed by atoms with Gasteiger partial charge in [0.25, 0.3) is 5.88 Å². The van der Waals surface area contributed by atoms with Crippen LogP contribution in [0.5, 0.6) is 11.6 Å². The molecule has 2 heterocycles. The molecular weight excluding hydrogens is 492 g/mol. The van der Waals surface area contributed by atoms with Gasteiger partial charge in [0.05, 0.1) is 26.7 Å². The van der Waals surface area contributed by atoms with E-state index in [4.69, 9.17) is 21.8 Å². The molecule has 0 bridgehead atoms. The Hall–Kier alpha value is -5.23. The molecule has 194 valence electrons. The molecule has 5 rings (SSSR count). The van der Waals surface area contributed by atoms with Gasteiger partial charge in [0.1, 0.15) is 5.82 Å². The van der Waals surface area contributed by atoms with Crippen LogP contribution < -0.4 is 20.5 Å². The van der Waals surface area contributed by atoms with Crippen molar-refractivity contribution >= 4 is 29.3 Å². The maximum absolute atomic E-state index is 14.4. The van der Waals surface area contributed by atoms with Gasteiger partial charge in [-0.25, -0.2) is 19.8 Å². The Morgan fingerprint density at radius 3 is 2.56 bits per heavy atom. The Labute approximate surface area is 226 Å². The van der Waals surface area contributed by atoms with Crippen molar-refractivity contribution in [2.45, 2.75) is 18.9 Å². The van der Waals surface area contributed by atoms with Crippen LogP contribution in [-0.2, 0) is 0 Å². The Kier molecular flexibility index (Phi) is 6.93.